The minimum absolute atomic E-state index is 0.671. The Labute approximate surface area is 112 Å². The van der Waals surface area contributed by atoms with Crippen molar-refractivity contribution in [1.29, 1.82) is 0 Å². The lowest BCUT2D eigenvalue weighted by Crippen LogP contribution is -1.97. The minimum atomic E-state index is 0.671. The Balaban J connectivity index is 2.11. The molecule has 1 aromatic heterocycles. The second-order valence-corrected chi connectivity index (χ2v) is 4.49. The number of aromatic nitrogens is 1. The zero-order valence-electron chi connectivity index (χ0n) is 10.8. The lowest BCUT2D eigenvalue weighted by atomic mass is 10.0. The van der Waals surface area contributed by atoms with Crippen LogP contribution < -0.4 is 4.74 Å². The van der Waals surface area contributed by atoms with Crippen LogP contribution in [0.5, 0.6) is 5.88 Å². The van der Waals surface area contributed by atoms with E-state index in [0.29, 0.717) is 5.88 Å². The third-order valence-corrected chi connectivity index (χ3v) is 3.22. The Hall–Kier alpha value is -2.35. The monoisotopic (exact) mass is 249 g/mol. The molecule has 0 fully saturated rings. The molecule has 19 heavy (non-hydrogen) atoms. The van der Waals surface area contributed by atoms with Crippen molar-refractivity contribution in [2.75, 3.05) is 7.11 Å². The maximum atomic E-state index is 5.29. The number of hydrogen-bond acceptors (Lipinski definition) is 2. The molecule has 2 nitrogen and oxygen atoms in total. The van der Waals surface area contributed by atoms with Gasteiger partial charge in [0.05, 0.1) is 12.8 Å². The third kappa shape index (κ3) is 2.43. The van der Waals surface area contributed by atoms with Crippen LogP contribution in [-0.4, -0.2) is 12.1 Å². The fraction of sp³-hybridized carbons (Fsp3) is 0.118. The van der Waals surface area contributed by atoms with Gasteiger partial charge in [0.2, 0.25) is 5.88 Å². The molecule has 0 bridgehead atoms. The fourth-order valence-electron chi connectivity index (χ4n) is 2.27. The van der Waals surface area contributed by atoms with Gasteiger partial charge in [-0.25, -0.2) is 4.98 Å². The smallest absolute Gasteiger partial charge is 0.213 e. The van der Waals surface area contributed by atoms with Gasteiger partial charge in [-0.1, -0.05) is 54.6 Å². The van der Waals surface area contributed by atoms with Crippen LogP contribution in [0.2, 0.25) is 0 Å². The lowest BCUT2D eigenvalue weighted by Gasteiger charge is -2.08. The molecule has 2 aromatic carbocycles. The summed E-state index contributed by atoms with van der Waals surface area (Å²) in [4.78, 5) is 4.59. The largest absolute Gasteiger partial charge is 0.481 e. The van der Waals surface area contributed by atoms with E-state index in [-0.39, 0.29) is 0 Å². The van der Waals surface area contributed by atoms with E-state index in [2.05, 4.69) is 41.4 Å². The van der Waals surface area contributed by atoms with Crippen LogP contribution in [0.15, 0.2) is 60.7 Å². The molecule has 0 amide bonds. The average molecular weight is 249 g/mol. The molecule has 0 spiro atoms. The molecule has 94 valence electrons. The Morgan fingerprint density at radius 1 is 0.947 bits per heavy atom. The second kappa shape index (κ2) is 5.11. The van der Waals surface area contributed by atoms with Gasteiger partial charge in [-0.05, 0) is 10.9 Å². The van der Waals surface area contributed by atoms with Crippen molar-refractivity contribution in [1.82, 2.24) is 4.98 Å². The molecule has 0 aliphatic heterocycles. The Morgan fingerprint density at radius 2 is 1.68 bits per heavy atom. The predicted octanol–water partition coefficient (Wildman–Crippen LogP) is 3.83. The topological polar surface area (TPSA) is 22.1 Å². The van der Waals surface area contributed by atoms with Gasteiger partial charge in [-0.3, -0.25) is 0 Å². The maximum absolute atomic E-state index is 5.29. The molecule has 0 N–H and O–H groups in total. The van der Waals surface area contributed by atoms with E-state index in [9.17, 15) is 0 Å². The Morgan fingerprint density at radius 3 is 2.47 bits per heavy atom. The molecule has 0 saturated carbocycles. The van der Waals surface area contributed by atoms with E-state index in [1.54, 1.807) is 7.11 Å². The number of fused-ring (bicyclic) bond motifs is 1. The van der Waals surface area contributed by atoms with Gasteiger partial charge in [-0.2, -0.15) is 0 Å². The van der Waals surface area contributed by atoms with Crippen molar-refractivity contribution in [2.24, 2.45) is 0 Å². The van der Waals surface area contributed by atoms with E-state index in [1.807, 2.05) is 24.3 Å². The maximum Gasteiger partial charge on any atom is 0.213 e. The van der Waals surface area contributed by atoms with Gasteiger partial charge in [-0.15, -0.1) is 0 Å². The summed E-state index contributed by atoms with van der Waals surface area (Å²) in [6.45, 7) is 0. The first-order valence-electron chi connectivity index (χ1n) is 6.33. The summed E-state index contributed by atoms with van der Waals surface area (Å²) >= 11 is 0. The lowest BCUT2D eigenvalue weighted by molar-refractivity contribution is 0.397. The molecule has 0 aliphatic carbocycles. The van der Waals surface area contributed by atoms with Gasteiger partial charge in [0, 0.05) is 17.9 Å². The number of hydrogen-bond donors (Lipinski definition) is 0. The summed E-state index contributed by atoms with van der Waals surface area (Å²) in [7, 11) is 1.66. The molecule has 0 unspecified atom stereocenters. The quantitative estimate of drug-likeness (QED) is 0.703. The van der Waals surface area contributed by atoms with Crippen molar-refractivity contribution in [3.05, 3.63) is 71.9 Å². The van der Waals surface area contributed by atoms with Crippen LogP contribution >= 0.6 is 0 Å². The Kier molecular flexibility index (Phi) is 3.15. The zero-order valence-corrected chi connectivity index (χ0v) is 10.8. The molecule has 1 heterocycles. The number of nitrogens with zero attached hydrogens (tertiary/aromatic N) is 1. The Bertz CT molecular complexity index is 692. The summed E-state index contributed by atoms with van der Waals surface area (Å²) in [5, 5.41) is 2.35. The molecule has 0 saturated heterocycles. The average Bonchev–Trinajstić information content (AvgIpc) is 2.48. The van der Waals surface area contributed by atoms with Crippen LogP contribution in [0.1, 0.15) is 11.3 Å². The summed E-state index contributed by atoms with van der Waals surface area (Å²) in [5.41, 5.74) is 2.31. The standard InChI is InChI=1S/C17H15NO/c1-19-17-12-14-9-5-6-10-15(14)16(18-17)11-13-7-3-2-4-8-13/h2-10,12H,11H2,1H3. The molecule has 0 aliphatic rings. The summed E-state index contributed by atoms with van der Waals surface area (Å²) in [5.74, 6) is 0.671. The van der Waals surface area contributed by atoms with Crippen molar-refractivity contribution in [2.45, 2.75) is 6.42 Å². The number of rotatable bonds is 3. The fourth-order valence-corrected chi connectivity index (χ4v) is 2.27. The zero-order chi connectivity index (χ0) is 13.1. The first-order chi connectivity index (χ1) is 9.36. The van der Waals surface area contributed by atoms with Crippen LogP contribution in [0.25, 0.3) is 10.8 Å². The van der Waals surface area contributed by atoms with E-state index < -0.39 is 0 Å². The van der Waals surface area contributed by atoms with E-state index in [1.165, 1.54) is 16.3 Å². The molecular formula is C17H15NO. The number of methoxy groups -OCH3 is 1. The van der Waals surface area contributed by atoms with Crippen molar-refractivity contribution in [3.8, 4) is 5.88 Å². The van der Waals surface area contributed by atoms with Crippen molar-refractivity contribution >= 4 is 10.8 Å². The molecule has 3 aromatic rings. The van der Waals surface area contributed by atoms with Gasteiger partial charge in [0.25, 0.3) is 0 Å². The highest BCUT2D eigenvalue weighted by Crippen LogP contribution is 2.23. The van der Waals surface area contributed by atoms with Crippen LogP contribution in [0.3, 0.4) is 0 Å². The van der Waals surface area contributed by atoms with E-state index >= 15 is 0 Å². The van der Waals surface area contributed by atoms with E-state index in [0.717, 1.165) is 12.1 Å². The molecule has 0 atom stereocenters. The van der Waals surface area contributed by atoms with Gasteiger partial charge < -0.3 is 4.74 Å². The molecule has 3 rings (SSSR count). The summed E-state index contributed by atoms with van der Waals surface area (Å²) < 4.78 is 5.29. The molecular weight excluding hydrogens is 234 g/mol. The summed E-state index contributed by atoms with van der Waals surface area (Å²) in [6, 6.07) is 20.6. The van der Waals surface area contributed by atoms with Crippen LogP contribution in [-0.2, 0) is 6.42 Å². The van der Waals surface area contributed by atoms with Gasteiger partial charge in [0.15, 0.2) is 0 Å². The predicted molar refractivity (Wildman–Crippen MR) is 77.5 cm³/mol. The van der Waals surface area contributed by atoms with Crippen molar-refractivity contribution < 1.29 is 4.74 Å². The van der Waals surface area contributed by atoms with Crippen LogP contribution in [0, 0.1) is 0 Å². The number of pyridine rings is 1. The first kappa shape index (κ1) is 11.7. The highest BCUT2D eigenvalue weighted by atomic mass is 16.5. The molecule has 2 heteroatoms. The van der Waals surface area contributed by atoms with Crippen LogP contribution in [0.4, 0.5) is 0 Å². The summed E-state index contributed by atoms with van der Waals surface area (Å²) in [6.07, 6.45) is 0.818. The third-order valence-electron chi connectivity index (χ3n) is 3.22. The first-order valence-corrected chi connectivity index (χ1v) is 6.33. The highest BCUT2D eigenvalue weighted by Gasteiger charge is 2.06. The van der Waals surface area contributed by atoms with Gasteiger partial charge in [0.1, 0.15) is 0 Å². The number of ether oxygens (including phenoxy) is 1. The second-order valence-electron chi connectivity index (χ2n) is 4.49. The highest BCUT2D eigenvalue weighted by molar-refractivity contribution is 5.85. The van der Waals surface area contributed by atoms with Crippen molar-refractivity contribution in [3.63, 3.8) is 0 Å². The van der Waals surface area contributed by atoms with E-state index in [4.69, 9.17) is 4.74 Å². The van der Waals surface area contributed by atoms with Gasteiger partial charge >= 0.3 is 0 Å². The SMILES string of the molecule is COc1cc2ccccc2c(Cc2ccccc2)n1. The normalized spacial score (nSPS) is 10.6. The minimum Gasteiger partial charge on any atom is -0.481 e. The number of benzene rings is 2. The molecule has 0 radical (unpaired) electrons.